The Morgan fingerprint density at radius 3 is 2.50 bits per heavy atom. The van der Waals surface area contributed by atoms with E-state index in [0.29, 0.717) is 29.7 Å². The molecule has 2 aliphatic heterocycles. The van der Waals surface area contributed by atoms with E-state index in [1.807, 2.05) is 33.8 Å². The third-order valence-corrected chi connectivity index (χ3v) is 6.38. The lowest BCUT2D eigenvalue weighted by Crippen LogP contribution is -2.41. The highest BCUT2D eigenvalue weighted by Gasteiger charge is 2.52. The number of hydrogen-bond acceptors (Lipinski definition) is 4. The first-order valence-corrected chi connectivity index (χ1v) is 10.4. The molecule has 0 aromatic heterocycles. The zero-order chi connectivity index (χ0) is 23.3. The van der Waals surface area contributed by atoms with Crippen molar-refractivity contribution >= 4 is 24.3 Å². The van der Waals surface area contributed by atoms with Gasteiger partial charge in [-0.1, -0.05) is 6.07 Å². The van der Waals surface area contributed by atoms with Gasteiger partial charge in [0.2, 0.25) is 0 Å². The fourth-order valence-electron chi connectivity index (χ4n) is 3.88. The van der Waals surface area contributed by atoms with Gasteiger partial charge in [-0.2, -0.15) is 5.26 Å². The van der Waals surface area contributed by atoms with Crippen LogP contribution in [0.25, 0.3) is 0 Å². The lowest BCUT2D eigenvalue weighted by Gasteiger charge is -2.32. The quantitative estimate of drug-likeness (QED) is 0.745. The van der Waals surface area contributed by atoms with Crippen LogP contribution < -0.4 is 15.7 Å². The van der Waals surface area contributed by atoms with Gasteiger partial charge in [-0.25, -0.2) is 13.6 Å². The molecule has 1 saturated heterocycles. The van der Waals surface area contributed by atoms with E-state index >= 15 is 4.39 Å². The van der Waals surface area contributed by atoms with E-state index < -0.39 is 36.0 Å². The molecule has 2 aromatic carbocycles. The molecular weight excluding hydrogens is 415 g/mol. The number of halogens is 2. The van der Waals surface area contributed by atoms with Crippen LogP contribution in [0.3, 0.4) is 0 Å². The molecule has 0 unspecified atom stereocenters. The SMILES string of the molecule is CC1(C)OB(c2cc3c(cc2F)N(C(=O)NCc2cc(F)cc(C#N)c2)CC3)OC1(C)C. The van der Waals surface area contributed by atoms with Crippen molar-refractivity contribution in [2.45, 2.75) is 51.9 Å². The fourth-order valence-corrected chi connectivity index (χ4v) is 3.88. The zero-order valence-electron chi connectivity index (χ0n) is 18.5. The molecule has 2 heterocycles. The molecule has 32 heavy (non-hydrogen) atoms. The summed E-state index contributed by atoms with van der Waals surface area (Å²) in [6, 6.07) is 8.39. The number of nitrogens with one attached hydrogen (secondary N) is 1. The van der Waals surface area contributed by atoms with E-state index in [4.69, 9.17) is 14.6 Å². The van der Waals surface area contributed by atoms with Crippen LogP contribution in [0.1, 0.15) is 44.4 Å². The Bertz CT molecular complexity index is 1110. The average Bonchev–Trinajstić information content (AvgIpc) is 3.21. The average molecular weight is 439 g/mol. The normalized spacial score (nSPS) is 18.4. The van der Waals surface area contributed by atoms with Crippen LogP contribution in [0.15, 0.2) is 30.3 Å². The predicted octanol–water partition coefficient (Wildman–Crippen LogP) is 3.41. The summed E-state index contributed by atoms with van der Waals surface area (Å²) in [6.45, 7) is 8.06. The Balaban J connectivity index is 1.50. The first-order valence-electron chi connectivity index (χ1n) is 10.4. The number of carbonyl (C=O) groups excluding carboxylic acids is 1. The second kappa shape index (κ2) is 7.87. The number of nitrogens with zero attached hydrogens (tertiary/aromatic N) is 2. The molecule has 0 atom stereocenters. The van der Waals surface area contributed by atoms with Crippen molar-refractivity contribution in [1.82, 2.24) is 5.32 Å². The number of fused-ring (bicyclic) bond motifs is 1. The molecule has 1 fully saturated rings. The number of nitriles is 1. The number of amides is 2. The van der Waals surface area contributed by atoms with E-state index in [0.717, 1.165) is 11.6 Å². The Morgan fingerprint density at radius 1 is 1.16 bits per heavy atom. The Hall–Kier alpha value is -2.96. The summed E-state index contributed by atoms with van der Waals surface area (Å²) in [4.78, 5) is 14.2. The van der Waals surface area contributed by atoms with Gasteiger partial charge in [0.25, 0.3) is 0 Å². The maximum Gasteiger partial charge on any atom is 0.497 e. The summed E-state index contributed by atoms with van der Waals surface area (Å²) in [5.41, 5.74) is 1.10. The van der Waals surface area contributed by atoms with Crippen LogP contribution >= 0.6 is 0 Å². The van der Waals surface area contributed by atoms with Crippen LogP contribution in [0.5, 0.6) is 0 Å². The van der Waals surface area contributed by atoms with Crippen molar-refractivity contribution < 1.29 is 22.9 Å². The topological polar surface area (TPSA) is 74.6 Å². The summed E-state index contributed by atoms with van der Waals surface area (Å²) < 4.78 is 40.6. The Kier molecular flexibility index (Phi) is 5.47. The Labute approximate surface area is 186 Å². The Morgan fingerprint density at radius 2 is 1.84 bits per heavy atom. The molecule has 0 saturated carbocycles. The summed E-state index contributed by atoms with van der Waals surface area (Å²) in [6.07, 6.45) is 0.564. The summed E-state index contributed by atoms with van der Waals surface area (Å²) in [5.74, 6) is -1.05. The van der Waals surface area contributed by atoms with Crippen LogP contribution in [0.4, 0.5) is 19.3 Å². The number of benzene rings is 2. The lowest BCUT2D eigenvalue weighted by atomic mass is 9.77. The van der Waals surface area contributed by atoms with E-state index in [1.54, 1.807) is 6.07 Å². The highest BCUT2D eigenvalue weighted by Crippen LogP contribution is 2.37. The summed E-state index contributed by atoms with van der Waals surface area (Å²) >= 11 is 0. The molecule has 4 rings (SSSR count). The van der Waals surface area contributed by atoms with Gasteiger partial charge in [-0.05, 0) is 69.5 Å². The number of anilines is 1. The molecule has 2 aliphatic rings. The number of hydrogen-bond donors (Lipinski definition) is 1. The van der Waals surface area contributed by atoms with Gasteiger partial charge in [-0.3, -0.25) is 4.90 Å². The molecule has 0 aliphatic carbocycles. The van der Waals surface area contributed by atoms with Crippen molar-refractivity contribution in [1.29, 1.82) is 5.26 Å². The van der Waals surface area contributed by atoms with Gasteiger partial charge in [0, 0.05) is 18.6 Å². The first kappa shape index (κ1) is 22.2. The standard InChI is InChI=1S/C23H24BF2N3O3/c1-22(2)23(3,4)32-24(31-22)18-10-16-5-6-29(20(16)11-19(18)26)21(30)28-13-15-7-14(12-27)8-17(25)9-15/h7-11H,5-6,13H2,1-4H3,(H,28,30). The number of carbonyl (C=O) groups is 1. The second-order valence-electron chi connectivity index (χ2n) is 9.11. The van der Waals surface area contributed by atoms with Crippen molar-refractivity contribution in [2.24, 2.45) is 0 Å². The van der Waals surface area contributed by atoms with E-state index in [9.17, 15) is 9.18 Å². The maximum atomic E-state index is 15.0. The minimum absolute atomic E-state index is 0.0472. The van der Waals surface area contributed by atoms with Crippen LogP contribution in [0.2, 0.25) is 0 Å². The first-order chi connectivity index (χ1) is 15.0. The van der Waals surface area contributed by atoms with Gasteiger partial charge >= 0.3 is 13.1 Å². The molecule has 2 amide bonds. The largest absolute Gasteiger partial charge is 0.497 e. The summed E-state index contributed by atoms with van der Waals surface area (Å²) in [7, 11) is -0.824. The van der Waals surface area contributed by atoms with Crippen LogP contribution in [0, 0.1) is 23.0 Å². The smallest absolute Gasteiger partial charge is 0.399 e. The van der Waals surface area contributed by atoms with Crippen LogP contribution in [-0.4, -0.2) is 30.9 Å². The maximum absolute atomic E-state index is 15.0. The minimum Gasteiger partial charge on any atom is -0.399 e. The highest BCUT2D eigenvalue weighted by molar-refractivity contribution is 6.62. The van der Waals surface area contributed by atoms with E-state index in [1.165, 1.54) is 23.1 Å². The third kappa shape index (κ3) is 3.96. The molecule has 2 aromatic rings. The van der Waals surface area contributed by atoms with Gasteiger partial charge in [0.15, 0.2) is 0 Å². The zero-order valence-corrected chi connectivity index (χ0v) is 18.5. The molecule has 1 N–H and O–H groups in total. The fraction of sp³-hybridized carbons (Fsp3) is 0.391. The van der Waals surface area contributed by atoms with Crippen molar-refractivity contribution in [3.05, 3.63) is 58.7 Å². The van der Waals surface area contributed by atoms with E-state index in [-0.39, 0.29) is 12.1 Å². The monoisotopic (exact) mass is 439 g/mol. The second-order valence-corrected chi connectivity index (χ2v) is 9.11. The number of rotatable bonds is 3. The number of urea groups is 1. The minimum atomic E-state index is -0.824. The third-order valence-electron chi connectivity index (χ3n) is 6.38. The molecule has 0 spiro atoms. The van der Waals surface area contributed by atoms with Gasteiger partial charge in [0.1, 0.15) is 11.6 Å². The van der Waals surface area contributed by atoms with Crippen molar-refractivity contribution in [3.63, 3.8) is 0 Å². The molecular formula is C23H24BF2N3O3. The summed E-state index contributed by atoms with van der Waals surface area (Å²) in [5, 5.41) is 11.7. The van der Waals surface area contributed by atoms with Gasteiger partial charge in [0.05, 0.1) is 28.5 Å². The molecule has 6 nitrogen and oxygen atoms in total. The van der Waals surface area contributed by atoms with Crippen molar-refractivity contribution in [2.75, 3.05) is 11.4 Å². The van der Waals surface area contributed by atoms with Crippen LogP contribution in [-0.2, 0) is 22.3 Å². The molecule has 0 radical (unpaired) electrons. The molecule has 0 bridgehead atoms. The van der Waals surface area contributed by atoms with Gasteiger partial charge in [-0.15, -0.1) is 0 Å². The van der Waals surface area contributed by atoms with Crippen molar-refractivity contribution in [3.8, 4) is 6.07 Å². The highest BCUT2D eigenvalue weighted by atomic mass is 19.1. The predicted molar refractivity (Wildman–Crippen MR) is 117 cm³/mol. The van der Waals surface area contributed by atoms with E-state index in [2.05, 4.69) is 5.32 Å². The van der Waals surface area contributed by atoms with Gasteiger partial charge < -0.3 is 14.6 Å². The molecule has 9 heteroatoms. The lowest BCUT2D eigenvalue weighted by molar-refractivity contribution is 0.00578. The molecule has 166 valence electrons.